The molecule has 53 heavy (non-hydrogen) atoms. The molecule has 0 saturated heterocycles. The maximum absolute atomic E-state index is 11.3. The number of hydrogen-bond donors (Lipinski definition) is 5. The Morgan fingerprint density at radius 3 is 0.717 bits per heavy atom. The minimum absolute atomic E-state index is 0.250. The van der Waals surface area contributed by atoms with Gasteiger partial charge in [0.05, 0.1) is 13.2 Å². The van der Waals surface area contributed by atoms with Crippen molar-refractivity contribution in [2.75, 3.05) is 19.8 Å². The van der Waals surface area contributed by atoms with E-state index in [2.05, 4.69) is 0 Å². The van der Waals surface area contributed by atoms with Crippen LogP contribution in [0.4, 0.5) is 0 Å². The lowest BCUT2D eigenvalue weighted by atomic mass is 9.80. The second kappa shape index (κ2) is 19.2. The van der Waals surface area contributed by atoms with Gasteiger partial charge in [-0.3, -0.25) is 0 Å². The van der Waals surface area contributed by atoms with Crippen LogP contribution in [0, 0.1) is 0 Å². The van der Waals surface area contributed by atoms with Gasteiger partial charge in [-0.2, -0.15) is 0 Å². The van der Waals surface area contributed by atoms with Crippen molar-refractivity contribution in [3.63, 3.8) is 0 Å². The van der Waals surface area contributed by atoms with Crippen LogP contribution in [0.5, 0.6) is 0 Å². The first kappa shape index (κ1) is 39.3. The van der Waals surface area contributed by atoms with E-state index in [9.17, 15) is 20.4 Å². The SMILES string of the molecule is CCO.OC(COC(c1ccccc1)(c1ccccc1)c1ccccc1)C(O)C(O)C(O)COC(c1ccccc1)(c1ccccc1)c1ccccc1. The lowest BCUT2D eigenvalue weighted by Gasteiger charge is -2.38. The zero-order chi connectivity index (χ0) is 37.5. The van der Waals surface area contributed by atoms with Crippen molar-refractivity contribution in [1.29, 1.82) is 0 Å². The molecule has 274 valence electrons. The van der Waals surface area contributed by atoms with E-state index in [1.165, 1.54) is 0 Å². The molecule has 0 saturated carbocycles. The highest BCUT2D eigenvalue weighted by atomic mass is 16.5. The van der Waals surface area contributed by atoms with Crippen LogP contribution < -0.4 is 0 Å². The summed E-state index contributed by atoms with van der Waals surface area (Å²) in [7, 11) is 0. The molecule has 4 unspecified atom stereocenters. The molecule has 7 nitrogen and oxygen atoms in total. The monoisotopic (exact) mass is 712 g/mol. The summed E-state index contributed by atoms with van der Waals surface area (Å²) in [4.78, 5) is 0. The van der Waals surface area contributed by atoms with Gasteiger partial charge in [-0.1, -0.05) is 182 Å². The average molecular weight is 713 g/mol. The predicted octanol–water partition coefficient (Wildman–Crippen LogP) is 6.45. The molecule has 0 amide bonds. The highest BCUT2D eigenvalue weighted by molar-refractivity contribution is 5.49. The van der Waals surface area contributed by atoms with Gasteiger partial charge in [0.15, 0.2) is 0 Å². The maximum atomic E-state index is 11.3. The van der Waals surface area contributed by atoms with Crippen LogP contribution in [-0.4, -0.2) is 69.8 Å². The Balaban J connectivity index is 0.00000175. The predicted molar refractivity (Wildman–Crippen MR) is 207 cm³/mol. The molecule has 0 aliphatic heterocycles. The van der Waals surface area contributed by atoms with Crippen LogP contribution in [0.15, 0.2) is 182 Å². The molecule has 0 fully saturated rings. The second-order valence-electron chi connectivity index (χ2n) is 12.6. The highest BCUT2D eigenvalue weighted by Gasteiger charge is 2.42. The molecule has 0 heterocycles. The van der Waals surface area contributed by atoms with Gasteiger partial charge in [-0.25, -0.2) is 0 Å². The number of rotatable bonds is 15. The number of aliphatic hydroxyl groups excluding tert-OH is 5. The van der Waals surface area contributed by atoms with Crippen molar-refractivity contribution in [2.45, 2.75) is 42.5 Å². The molecule has 6 rings (SSSR count). The Hall–Kier alpha value is -4.96. The fraction of sp³-hybridized carbons (Fsp3) is 0.217. The van der Waals surface area contributed by atoms with E-state index in [0.717, 1.165) is 33.4 Å². The molecule has 6 aromatic rings. The van der Waals surface area contributed by atoms with Crippen LogP contribution in [0.25, 0.3) is 0 Å². The van der Waals surface area contributed by atoms with Crippen molar-refractivity contribution in [3.8, 4) is 0 Å². The fourth-order valence-corrected chi connectivity index (χ4v) is 6.61. The summed E-state index contributed by atoms with van der Waals surface area (Å²) in [5, 5.41) is 52.7. The Bertz CT molecular complexity index is 1540. The van der Waals surface area contributed by atoms with E-state index in [1.54, 1.807) is 6.92 Å². The Labute approximate surface area is 312 Å². The molecule has 0 spiro atoms. The lowest BCUT2D eigenvalue weighted by Crippen LogP contribution is -2.49. The van der Waals surface area contributed by atoms with E-state index < -0.39 is 35.6 Å². The molecule has 4 atom stereocenters. The summed E-state index contributed by atoms with van der Waals surface area (Å²) in [5.74, 6) is 0. The first-order valence-electron chi connectivity index (χ1n) is 17.8. The molecular formula is C46H48O7. The van der Waals surface area contributed by atoms with Crippen LogP contribution in [0.1, 0.15) is 40.3 Å². The fourth-order valence-electron chi connectivity index (χ4n) is 6.61. The van der Waals surface area contributed by atoms with Gasteiger partial charge in [0, 0.05) is 6.61 Å². The largest absolute Gasteiger partial charge is 0.397 e. The standard InChI is InChI=1S/C44H42O6.C2H6O/c45-39(31-49-43(33-19-7-1-8-20-33,34-21-9-2-10-22-34)35-23-11-3-12-24-35)41(47)42(48)40(46)32-50-44(36-25-13-4-14-26-36,37-27-15-5-16-28-37)38-29-17-6-18-30-38;1-2-3/h1-30,39-42,45-48H,31-32H2;3H,2H2,1H3. The van der Waals surface area contributed by atoms with Gasteiger partial charge >= 0.3 is 0 Å². The molecule has 0 aliphatic carbocycles. The first-order valence-corrected chi connectivity index (χ1v) is 17.8. The third kappa shape index (κ3) is 8.99. The molecule has 6 aromatic carbocycles. The molecular weight excluding hydrogens is 664 g/mol. The van der Waals surface area contributed by atoms with Gasteiger partial charge in [-0.05, 0) is 40.3 Å². The summed E-state index contributed by atoms with van der Waals surface area (Å²) < 4.78 is 13.3. The number of aliphatic hydroxyl groups is 5. The van der Waals surface area contributed by atoms with Gasteiger partial charge in [0.1, 0.15) is 35.6 Å². The summed E-state index contributed by atoms with van der Waals surface area (Å²) in [6.45, 7) is 1.22. The van der Waals surface area contributed by atoms with Crippen molar-refractivity contribution in [2.24, 2.45) is 0 Å². The van der Waals surface area contributed by atoms with E-state index in [-0.39, 0.29) is 19.8 Å². The van der Waals surface area contributed by atoms with E-state index in [0.29, 0.717) is 0 Å². The summed E-state index contributed by atoms with van der Waals surface area (Å²) in [6, 6.07) is 58.1. The highest BCUT2D eigenvalue weighted by Crippen LogP contribution is 2.42. The van der Waals surface area contributed by atoms with Gasteiger partial charge < -0.3 is 35.0 Å². The van der Waals surface area contributed by atoms with Crippen molar-refractivity contribution >= 4 is 0 Å². The Morgan fingerprint density at radius 2 is 0.547 bits per heavy atom. The van der Waals surface area contributed by atoms with Crippen molar-refractivity contribution < 1.29 is 35.0 Å². The van der Waals surface area contributed by atoms with Crippen molar-refractivity contribution in [1.82, 2.24) is 0 Å². The quantitative estimate of drug-likeness (QED) is 0.0778. The third-order valence-corrected chi connectivity index (χ3v) is 9.16. The normalized spacial score (nSPS) is 13.9. The number of hydrogen-bond acceptors (Lipinski definition) is 7. The Kier molecular flexibility index (Phi) is 14.2. The molecule has 7 heteroatoms. The van der Waals surface area contributed by atoms with E-state index in [1.807, 2.05) is 182 Å². The van der Waals surface area contributed by atoms with E-state index in [4.69, 9.17) is 14.6 Å². The number of benzene rings is 6. The van der Waals surface area contributed by atoms with Crippen LogP contribution in [0.2, 0.25) is 0 Å². The van der Waals surface area contributed by atoms with Crippen LogP contribution >= 0.6 is 0 Å². The molecule has 0 radical (unpaired) electrons. The van der Waals surface area contributed by atoms with Gasteiger partial charge in [0.25, 0.3) is 0 Å². The molecule has 0 bridgehead atoms. The first-order chi connectivity index (χ1) is 25.9. The third-order valence-electron chi connectivity index (χ3n) is 9.16. The maximum Gasteiger partial charge on any atom is 0.143 e. The van der Waals surface area contributed by atoms with Crippen LogP contribution in [-0.2, 0) is 20.7 Å². The number of ether oxygens (including phenoxy) is 2. The van der Waals surface area contributed by atoms with Crippen LogP contribution in [0.3, 0.4) is 0 Å². The smallest absolute Gasteiger partial charge is 0.143 e. The molecule has 5 N–H and O–H groups in total. The minimum Gasteiger partial charge on any atom is -0.397 e. The summed E-state index contributed by atoms with van der Waals surface area (Å²) >= 11 is 0. The average Bonchev–Trinajstić information content (AvgIpc) is 3.23. The van der Waals surface area contributed by atoms with Crippen molar-refractivity contribution in [3.05, 3.63) is 215 Å². The Morgan fingerprint density at radius 1 is 0.377 bits per heavy atom. The zero-order valence-corrected chi connectivity index (χ0v) is 29.8. The molecule has 0 aliphatic rings. The zero-order valence-electron chi connectivity index (χ0n) is 29.8. The van der Waals surface area contributed by atoms with Gasteiger partial charge in [0.2, 0.25) is 0 Å². The minimum atomic E-state index is -1.76. The summed E-state index contributed by atoms with van der Waals surface area (Å²) in [6.07, 6.45) is -6.63. The second-order valence-corrected chi connectivity index (χ2v) is 12.6. The van der Waals surface area contributed by atoms with Gasteiger partial charge in [-0.15, -0.1) is 0 Å². The lowest BCUT2D eigenvalue weighted by molar-refractivity contribution is -0.151. The summed E-state index contributed by atoms with van der Waals surface area (Å²) in [5.41, 5.74) is 2.67. The molecule has 0 aromatic heterocycles. The topological polar surface area (TPSA) is 120 Å². The van der Waals surface area contributed by atoms with E-state index >= 15 is 0 Å².